The van der Waals surface area contributed by atoms with Crippen molar-refractivity contribution in [1.82, 2.24) is 10.6 Å². The van der Waals surface area contributed by atoms with Crippen molar-refractivity contribution in [1.29, 1.82) is 0 Å². The SMILES string of the molecule is CCCCOCCNC(=S)NC(C)COC. The third-order valence-electron chi connectivity index (χ3n) is 1.97. The third-order valence-corrected chi connectivity index (χ3v) is 2.23. The Balaban J connectivity index is 3.30. The van der Waals surface area contributed by atoms with Gasteiger partial charge in [0.2, 0.25) is 0 Å². The molecule has 96 valence electrons. The van der Waals surface area contributed by atoms with Crippen molar-refractivity contribution in [2.24, 2.45) is 0 Å². The predicted molar refractivity (Wildman–Crippen MR) is 70.8 cm³/mol. The summed E-state index contributed by atoms with van der Waals surface area (Å²) < 4.78 is 10.4. The van der Waals surface area contributed by atoms with Crippen molar-refractivity contribution in [3.8, 4) is 0 Å². The number of hydrogen-bond acceptors (Lipinski definition) is 3. The molecule has 0 amide bonds. The molecule has 0 aromatic rings. The van der Waals surface area contributed by atoms with Crippen LogP contribution >= 0.6 is 12.2 Å². The molecule has 0 aliphatic heterocycles. The van der Waals surface area contributed by atoms with Crippen LogP contribution < -0.4 is 10.6 Å². The molecule has 1 unspecified atom stereocenters. The third kappa shape index (κ3) is 10.1. The van der Waals surface area contributed by atoms with Gasteiger partial charge in [0.1, 0.15) is 0 Å². The van der Waals surface area contributed by atoms with Gasteiger partial charge in [0, 0.05) is 26.3 Å². The molecule has 0 heterocycles. The summed E-state index contributed by atoms with van der Waals surface area (Å²) in [6, 6.07) is 0.228. The average Bonchev–Trinajstić information content (AvgIpc) is 2.23. The summed E-state index contributed by atoms with van der Waals surface area (Å²) in [5, 5.41) is 6.87. The maximum absolute atomic E-state index is 5.40. The molecule has 0 aromatic carbocycles. The number of ether oxygens (including phenoxy) is 2. The fourth-order valence-corrected chi connectivity index (χ4v) is 1.45. The van der Waals surface area contributed by atoms with E-state index in [9.17, 15) is 0 Å². The van der Waals surface area contributed by atoms with Gasteiger partial charge >= 0.3 is 0 Å². The molecule has 0 fully saturated rings. The maximum Gasteiger partial charge on any atom is 0.166 e. The van der Waals surface area contributed by atoms with Gasteiger partial charge in [0.05, 0.1) is 13.2 Å². The molecule has 16 heavy (non-hydrogen) atoms. The minimum absolute atomic E-state index is 0.228. The van der Waals surface area contributed by atoms with Gasteiger partial charge in [-0.2, -0.15) is 0 Å². The molecule has 0 spiro atoms. The number of thiocarbonyl (C=S) groups is 1. The van der Waals surface area contributed by atoms with Crippen LogP contribution in [0.15, 0.2) is 0 Å². The van der Waals surface area contributed by atoms with E-state index in [4.69, 9.17) is 21.7 Å². The van der Waals surface area contributed by atoms with Crippen LogP contribution in [0, 0.1) is 0 Å². The van der Waals surface area contributed by atoms with Crippen LogP contribution in [0.25, 0.3) is 0 Å². The van der Waals surface area contributed by atoms with Crippen LogP contribution in [0.3, 0.4) is 0 Å². The molecule has 0 rings (SSSR count). The van der Waals surface area contributed by atoms with E-state index in [2.05, 4.69) is 17.6 Å². The molecule has 0 bridgehead atoms. The first-order valence-electron chi connectivity index (χ1n) is 5.81. The van der Waals surface area contributed by atoms with Gasteiger partial charge in [-0.1, -0.05) is 13.3 Å². The highest BCUT2D eigenvalue weighted by molar-refractivity contribution is 7.80. The number of rotatable bonds is 9. The van der Waals surface area contributed by atoms with Gasteiger partial charge in [0.15, 0.2) is 5.11 Å². The van der Waals surface area contributed by atoms with Crippen molar-refractivity contribution < 1.29 is 9.47 Å². The lowest BCUT2D eigenvalue weighted by atomic mass is 10.4. The second-order valence-electron chi connectivity index (χ2n) is 3.72. The summed E-state index contributed by atoms with van der Waals surface area (Å²) in [5.74, 6) is 0. The fraction of sp³-hybridized carbons (Fsp3) is 0.909. The first-order valence-corrected chi connectivity index (χ1v) is 6.22. The summed E-state index contributed by atoms with van der Waals surface area (Å²) in [4.78, 5) is 0. The second-order valence-corrected chi connectivity index (χ2v) is 4.13. The molecule has 0 radical (unpaired) electrons. The zero-order chi connectivity index (χ0) is 12.2. The first kappa shape index (κ1) is 15.6. The fourth-order valence-electron chi connectivity index (χ4n) is 1.15. The molecule has 4 nitrogen and oxygen atoms in total. The maximum atomic E-state index is 5.40. The number of nitrogens with one attached hydrogen (secondary N) is 2. The van der Waals surface area contributed by atoms with Crippen LogP contribution in [0.4, 0.5) is 0 Å². The Morgan fingerprint density at radius 3 is 2.75 bits per heavy atom. The van der Waals surface area contributed by atoms with Crippen LogP contribution in [0.5, 0.6) is 0 Å². The second kappa shape index (κ2) is 11.1. The molecule has 1 atom stereocenters. The van der Waals surface area contributed by atoms with Gasteiger partial charge in [0.25, 0.3) is 0 Å². The Bertz CT molecular complexity index is 179. The van der Waals surface area contributed by atoms with Crippen molar-refractivity contribution in [2.45, 2.75) is 32.7 Å². The zero-order valence-corrected chi connectivity index (χ0v) is 11.4. The van der Waals surface area contributed by atoms with Gasteiger partial charge in [-0.05, 0) is 25.6 Å². The normalized spacial score (nSPS) is 12.2. The Labute approximate surface area is 104 Å². The van der Waals surface area contributed by atoms with Crippen molar-refractivity contribution in [2.75, 3.05) is 33.5 Å². The summed E-state index contributed by atoms with van der Waals surface area (Å²) >= 11 is 5.11. The smallest absolute Gasteiger partial charge is 0.166 e. The van der Waals surface area contributed by atoms with E-state index < -0.39 is 0 Å². The van der Waals surface area contributed by atoms with Crippen molar-refractivity contribution >= 4 is 17.3 Å². The highest BCUT2D eigenvalue weighted by atomic mass is 32.1. The molecule has 0 aliphatic carbocycles. The van der Waals surface area contributed by atoms with Crippen molar-refractivity contribution in [3.05, 3.63) is 0 Å². The van der Waals surface area contributed by atoms with Gasteiger partial charge < -0.3 is 20.1 Å². The standard InChI is InChI=1S/C11H24N2O2S/c1-4-5-7-15-8-6-12-11(16)13-10(2)9-14-3/h10H,4-9H2,1-3H3,(H2,12,13,16). The summed E-state index contributed by atoms with van der Waals surface area (Å²) in [7, 11) is 1.68. The molecule has 0 saturated heterocycles. The predicted octanol–water partition coefficient (Wildman–Crippen LogP) is 1.30. The Hall–Kier alpha value is -0.390. The quantitative estimate of drug-likeness (QED) is 0.475. The summed E-state index contributed by atoms with van der Waals surface area (Å²) in [5.41, 5.74) is 0. The Morgan fingerprint density at radius 2 is 2.12 bits per heavy atom. The van der Waals surface area contributed by atoms with Gasteiger partial charge in [-0.15, -0.1) is 0 Å². The monoisotopic (exact) mass is 248 g/mol. The lowest BCUT2D eigenvalue weighted by molar-refractivity contribution is 0.135. The molecule has 0 aromatic heterocycles. The van der Waals surface area contributed by atoms with Gasteiger partial charge in [-0.3, -0.25) is 0 Å². The zero-order valence-electron chi connectivity index (χ0n) is 10.5. The van der Waals surface area contributed by atoms with Crippen molar-refractivity contribution in [3.63, 3.8) is 0 Å². The van der Waals surface area contributed by atoms with E-state index in [1.54, 1.807) is 7.11 Å². The largest absolute Gasteiger partial charge is 0.383 e. The van der Waals surface area contributed by atoms with E-state index in [1.165, 1.54) is 6.42 Å². The van der Waals surface area contributed by atoms with Crippen LogP contribution in [0.2, 0.25) is 0 Å². The highest BCUT2D eigenvalue weighted by Gasteiger charge is 2.02. The Kier molecular flexibility index (Phi) is 10.8. The average molecular weight is 248 g/mol. The van der Waals surface area contributed by atoms with Crippen LogP contribution in [0.1, 0.15) is 26.7 Å². The topological polar surface area (TPSA) is 42.5 Å². The van der Waals surface area contributed by atoms with Gasteiger partial charge in [-0.25, -0.2) is 0 Å². The lowest BCUT2D eigenvalue weighted by Gasteiger charge is -2.16. The first-order chi connectivity index (χ1) is 7.70. The summed E-state index contributed by atoms with van der Waals surface area (Å²) in [6.45, 7) is 7.09. The Morgan fingerprint density at radius 1 is 1.38 bits per heavy atom. The molecular weight excluding hydrogens is 224 g/mol. The molecule has 0 saturated carbocycles. The number of hydrogen-bond donors (Lipinski definition) is 2. The minimum Gasteiger partial charge on any atom is -0.383 e. The number of unbranched alkanes of at least 4 members (excludes halogenated alkanes) is 1. The van der Waals surface area contributed by atoms with E-state index >= 15 is 0 Å². The van der Waals surface area contributed by atoms with E-state index in [0.29, 0.717) is 18.3 Å². The van der Waals surface area contributed by atoms with E-state index in [0.717, 1.165) is 19.6 Å². The summed E-state index contributed by atoms with van der Waals surface area (Å²) in [6.07, 6.45) is 2.29. The highest BCUT2D eigenvalue weighted by Crippen LogP contribution is 1.87. The minimum atomic E-state index is 0.228. The molecule has 2 N–H and O–H groups in total. The van der Waals surface area contributed by atoms with E-state index in [1.807, 2.05) is 6.92 Å². The van der Waals surface area contributed by atoms with E-state index in [-0.39, 0.29) is 6.04 Å². The lowest BCUT2D eigenvalue weighted by Crippen LogP contribution is -2.43. The van der Waals surface area contributed by atoms with Crippen LogP contribution in [-0.4, -0.2) is 44.6 Å². The van der Waals surface area contributed by atoms with Crippen LogP contribution in [-0.2, 0) is 9.47 Å². The molecular formula is C11H24N2O2S. The molecule has 0 aliphatic rings. The number of methoxy groups -OCH3 is 1. The molecule has 5 heteroatoms.